The van der Waals surface area contributed by atoms with Crippen LogP contribution in [-0.4, -0.2) is 30.3 Å². The lowest BCUT2D eigenvalue weighted by atomic mass is 10.1. The lowest BCUT2D eigenvalue weighted by molar-refractivity contribution is 0.367. The van der Waals surface area contributed by atoms with Gasteiger partial charge in [-0.15, -0.1) is 10.2 Å². The highest BCUT2D eigenvalue weighted by Gasteiger charge is 2.30. The first-order valence-electron chi connectivity index (χ1n) is 6.19. The molecule has 0 radical (unpaired) electrons. The van der Waals surface area contributed by atoms with Crippen LogP contribution in [0.15, 0.2) is 29.4 Å². The van der Waals surface area contributed by atoms with Crippen molar-refractivity contribution >= 4 is 19.7 Å². The Morgan fingerprint density at radius 3 is 2.43 bits per heavy atom. The molecule has 0 saturated heterocycles. The predicted molar refractivity (Wildman–Crippen MR) is 80.0 cm³/mol. The molecule has 1 heterocycles. The fourth-order valence-corrected chi connectivity index (χ4v) is 3.00. The molecule has 0 aliphatic heterocycles. The van der Waals surface area contributed by atoms with Gasteiger partial charge in [-0.1, -0.05) is 12.1 Å². The van der Waals surface area contributed by atoms with Crippen molar-refractivity contribution in [3.8, 4) is 17.1 Å². The number of benzene rings is 1. The van der Waals surface area contributed by atoms with Crippen molar-refractivity contribution in [1.29, 1.82) is 0 Å². The normalized spacial score (nSPS) is 12.4. The van der Waals surface area contributed by atoms with Gasteiger partial charge >= 0.3 is 0 Å². The molecule has 1 aromatic carbocycles. The van der Waals surface area contributed by atoms with Gasteiger partial charge in [0, 0.05) is 21.8 Å². The quantitative estimate of drug-likeness (QED) is 0.809. The Hall–Kier alpha value is -1.60. The van der Waals surface area contributed by atoms with E-state index < -0.39 is 14.6 Å². The summed E-state index contributed by atoms with van der Waals surface area (Å²) < 4.78 is 30.0. The summed E-state index contributed by atoms with van der Waals surface area (Å²) in [6, 6.07) is 7.15. The standard InChI is InChI=1S/C13H16ClN3O3S/c1-13(2,3)17-11(15-16-12(17)21(14,18)19)9-6-5-7-10(8-9)20-4/h5-8H,1-4H3. The molecule has 0 amide bonds. The van der Waals surface area contributed by atoms with Gasteiger partial charge in [0.1, 0.15) is 5.75 Å². The molecule has 0 bridgehead atoms. The average Bonchev–Trinajstić information content (AvgIpc) is 2.83. The summed E-state index contributed by atoms with van der Waals surface area (Å²) >= 11 is 0. The van der Waals surface area contributed by atoms with E-state index in [1.54, 1.807) is 31.4 Å². The van der Waals surface area contributed by atoms with Crippen LogP contribution in [0.1, 0.15) is 20.8 Å². The van der Waals surface area contributed by atoms with Crippen LogP contribution in [0, 0.1) is 0 Å². The second kappa shape index (κ2) is 5.31. The maximum absolute atomic E-state index is 11.7. The molecule has 1 aromatic heterocycles. The number of hydrogen-bond donors (Lipinski definition) is 0. The zero-order valence-corrected chi connectivity index (χ0v) is 13.7. The Balaban J connectivity index is 2.73. The van der Waals surface area contributed by atoms with Gasteiger partial charge in [-0.25, -0.2) is 8.42 Å². The number of ether oxygens (including phenoxy) is 1. The van der Waals surface area contributed by atoms with Crippen LogP contribution >= 0.6 is 10.7 Å². The molecule has 2 rings (SSSR count). The first-order chi connectivity index (χ1) is 9.64. The van der Waals surface area contributed by atoms with Crippen molar-refractivity contribution in [3.05, 3.63) is 24.3 Å². The minimum absolute atomic E-state index is 0.269. The van der Waals surface area contributed by atoms with Gasteiger partial charge in [0.25, 0.3) is 14.2 Å². The third-order valence-electron chi connectivity index (χ3n) is 2.85. The number of aromatic nitrogens is 3. The van der Waals surface area contributed by atoms with Gasteiger partial charge in [-0.2, -0.15) is 0 Å². The summed E-state index contributed by atoms with van der Waals surface area (Å²) in [5, 5.41) is 7.46. The zero-order chi connectivity index (χ0) is 15.8. The van der Waals surface area contributed by atoms with Crippen LogP contribution in [0.2, 0.25) is 0 Å². The van der Waals surface area contributed by atoms with E-state index in [2.05, 4.69) is 10.2 Å². The summed E-state index contributed by atoms with van der Waals surface area (Å²) in [6.45, 7) is 5.56. The van der Waals surface area contributed by atoms with E-state index in [-0.39, 0.29) is 5.16 Å². The highest BCUT2D eigenvalue weighted by Crippen LogP contribution is 2.30. The first-order valence-corrected chi connectivity index (χ1v) is 8.50. The summed E-state index contributed by atoms with van der Waals surface area (Å²) in [7, 11) is 3.02. The second-order valence-corrected chi connectivity index (χ2v) is 7.94. The molecular formula is C13H16ClN3O3S. The van der Waals surface area contributed by atoms with Crippen molar-refractivity contribution in [2.75, 3.05) is 7.11 Å². The van der Waals surface area contributed by atoms with Crippen LogP contribution in [0.4, 0.5) is 0 Å². The van der Waals surface area contributed by atoms with Gasteiger partial charge in [0.2, 0.25) is 0 Å². The molecule has 0 atom stereocenters. The van der Waals surface area contributed by atoms with Crippen LogP contribution in [0.25, 0.3) is 11.4 Å². The molecule has 0 fully saturated rings. The van der Waals surface area contributed by atoms with Crippen molar-refractivity contribution in [1.82, 2.24) is 14.8 Å². The Kier molecular flexibility index (Phi) is 3.99. The molecule has 0 aliphatic carbocycles. The highest BCUT2D eigenvalue weighted by molar-refractivity contribution is 8.13. The third kappa shape index (κ3) is 3.19. The maximum atomic E-state index is 11.7. The number of hydrogen-bond acceptors (Lipinski definition) is 5. The molecule has 6 nitrogen and oxygen atoms in total. The second-order valence-electron chi connectivity index (χ2n) is 5.48. The Morgan fingerprint density at radius 1 is 1.24 bits per heavy atom. The molecule has 0 N–H and O–H groups in total. The third-order valence-corrected chi connectivity index (χ3v) is 3.96. The van der Waals surface area contributed by atoms with E-state index >= 15 is 0 Å². The molecule has 114 valence electrons. The average molecular weight is 330 g/mol. The first kappa shape index (κ1) is 15.8. The molecule has 0 unspecified atom stereocenters. The monoisotopic (exact) mass is 329 g/mol. The molecule has 0 saturated carbocycles. The molecule has 8 heteroatoms. The Bertz CT molecular complexity index is 763. The SMILES string of the molecule is COc1cccc(-c2nnc(S(=O)(=O)Cl)n2C(C)(C)C)c1. The van der Waals surface area contributed by atoms with E-state index in [1.807, 2.05) is 20.8 Å². The van der Waals surface area contributed by atoms with E-state index in [1.165, 1.54) is 4.57 Å². The summed E-state index contributed by atoms with van der Waals surface area (Å²) in [5.41, 5.74) is 0.141. The van der Waals surface area contributed by atoms with Gasteiger partial charge in [0.05, 0.1) is 7.11 Å². The van der Waals surface area contributed by atoms with Gasteiger partial charge < -0.3 is 4.74 Å². The number of methoxy groups -OCH3 is 1. The molecule has 2 aromatic rings. The lowest BCUT2D eigenvalue weighted by Crippen LogP contribution is -2.25. The van der Waals surface area contributed by atoms with E-state index in [9.17, 15) is 8.42 Å². The van der Waals surface area contributed by atoms with Crippen molar-refractivity contribution < 1.29 is 13.2 Å². The fraction of sp³-hybridized carbons (Fsp3) is 0.385. The largest absolute Gasteiger partial charge is 0.497 e. The fourth-order valence-electron chi connectivity index (χ4n) is 1.98. The maximum Gasteiger partial charge on any atom is 0.296 e. The number of nitrogens with zero attached hydrogens (tertiary/aromatic N) is 3. The minimum atomic E-state index is -3.99. The Morgan fingerprint density at radius 2 is 1.90 bits per heavy atom. The summed E-state index contributed by atoms with van der Waals surface area (Å²) in [4.78, 5) is 0. The highest BCUT2D eigenvalue weighted by atomic mass is 35.7. The predicted octanol–water partition coefficient (Wildman–Crippen LogP) is 2.64. The van der Waals surface area contributed by atoms with Crippen LogP contribution in [0.3, 0.4) is 0 Å². The smallest absolute Gasteiger partial charge is 0.296 e. The number of halogens is 1. The molecule has 0 aliphatic rings. The van der Waals surface area contributed by atoms with Gasteiger partial charge in [0.15, 0.2) is 5.82 Å². The van der Waals surface area contributed by atoms with Crippen LogP contribution in [-0.2, 0) is 14.6 Å². The van der Waals surface area contributed by atoms with Crippen molar-refractivity contribution in [3.63, 3.8) is 0 Å². The van der Waals surface area contributed by atoms with Crippen molar-refractivity contribution in [2.45, 2.75) is 31.5 Å². The summed E-state index contributed by atoms with van der Waals surface area (Å²) in [6.07, 6.45) is 0. The molecule has 0 spiro atoms. The van der Waals surface area contributed by atoms with Crippen LogP contribution < -0.4 is 4.74 Å². The zero-order valence-electron chi connectivity index (χ0n) is 12.2. The summed E-state index contributed by atoms with van der Waals surface area (Å²) in [5.74, 6) is 1.06. The molecule has 21 heavy (non-hydrogen) atoms. The lowest BCUT2D eigenvalue weighted by Gasteiger charge is -2.24. The molecular weight excluding hydrogens is 314 g/mol. The van der Waals surface area contributed by atoms with E-state index in [0.29, 0.717) is 17.1 Å². The van der Waals surface area contributed by atoms with Crippen molar-refractivity contribution in [2.24, 2.45) is 0 Å². The topological polar surface area (TPSA) is 74.1 Å². The van der Waals surface area contributed by atoms with E-state index in [4.69, 9.17) is 15.4 Å². The minimum Gasteiger partial charge on any atom is -0.497 e. The van der Waals surface area contributed by atoms with E-state index in [0.717, 1.165) is 0 Å². The van der Waals surface area contributed by atoms with Crippen LogP contribution in [0.5, 0.6) is 5.75 Å². The Labute approximate surface area is 128 Å². The number of rotatable bonds is 3. The van der Waals surface area contributed by atoms with Gasteiger partial charge in [-0.05, 0) is 32.9 Å². The van der Waals surface area contributed by atoms with Gasteiger partial charge in [-0.3, -0.25) is 4.57 Å².